The van der Waals surface area contributed by atoms with Crippen molar-refractivity contribution in [2.24, 2.45) is 5.41 Å². The zero-order valence-electron chi connectivity index (χ0n) is 14.2. The van der Waals surface area contributed by atoms with Gasteiger partial charge in [-0.05, 0) is 63.8 Å². The first-order valence-corrected chi connectivity index (χ1v) is 8.39. The number of ether oxygens (including phenoxy) is 1. The molecule has 1 saturated carbocycles. The highest BCUT2D eigenvalue weighted by Crippen LogP contribution is 2.36. The fourth-order valence-corrected chi connectivity index (χ4v) is 3.03. The van der Waals surface area contributed by atoms with E-state index < -0.39 is 11.5 Å². The van der Waals surface area contributed by atoms with Crippen molar-refractivity contribution >= 4 is 5.97 Å². The Balaban J connectivity index is 2.15. The topological polar surface area (TPSA) is 58.6 Å². The molecular weight excluding hydrogens is 266 g/mol. The average molecular weight is 299 g/mol. The van der Waals surface area contributed by atoms with Crippen LogP contribution in [0, 0.1) is 5.41 Å². The molecule has 21 heavy (non-hydrogen) atoms. The summed E-state index contributed by atoms with van der Waals surface area (Å²) in [7, 11) is 0. The molecule has 4 heteroatoms. The van der Waals surface area contributed by atoms with Crippen LogP contribution in [0.15, 0.2) is 0 Å². The Bertz CT molecular complexity index is 320. The van der Waals surface area contributed by atoms with E-state index in [-0.39, 0.29) is 0 Å². The van der Waals surface area contributed by atoms with Crippen molar-refractivity contribution in [2.45, 2.75) is 84.3 Å². The van der Waals surface area contributed by atoms with Crippen LogP contribution in [-0.4, -0.2) is 35.9 Å². The smallest absolute Gasteiger partial charge is 0.323 e. The highest BCUT2D eigenvalue weighted by molar-refractivity contribution is 5.78. The fourth-order valence-electron chi connectivity index (χ4n) is 3.03. The highest BCUT2D eigenvalue weighted by Gasteiger charge is 2.31. The predicted molar refractivity (Wildman–Crippen MR) is 85.6 cm³/mol. The van der Waals surface area contributed by atoms with E-state index >= 15 is 0 Å². The SMILES string of the molecule is CCNC(C)(CCCCOC1CCC(C)(C)CC1)C(=O)O. The molecule has 0 aromatic heterocycles. The number of likely N-dealkylation sites (N-methyl/N-ethyl adjacent to an activating group) is 1. The minimum atomic E-state index is -0.802. The molecule has 0 spiro atoms. The minimum absolute atomic E-state index is 0.414. The maximum absolute atomic E-state index is 11.3. The van der Waals surface area contributed by atoms with Crippen molar-refractivity contribution in [3.63, 3.8) is 0 Å². The van der Waals surface area contributed by atoms with Gasteiger partial charge in [0.05, 0.1) is 6.10 Å². The molecule has 1 atom stereocenters. The number of carbonyl (C=O) groups is 1. The van der Waals surface area contributed by atoms with Gasteiger partial charge in [0.1, 0.15) is 5.54 Å². The van der Waals surface area contributed by atoms with Crippen molar-refractivity contribution < 1.29 is 14.6 Å². The maximum atomic E-state index is 11.3. The monoisotopic (exact) mass is 299 g/mol. The number of nitrogens with one attached hydrogen (secondary N) is 1. The Kier molecular flexibility index (Phi) is 7.14. The van der Waals surface area contributed by atoms with Crippen LogP contribution in [-0.2, 0) is 9.53 Å². The third-order valence-electron chi connectivity index (χ3n) is 4.75. The molecule has 0 aromatic rings. The third kappa shape index (κ3) is 6.35. The first-order chi connectivity index (χ1) is 9.79. The summed E-state index contributed by atoms with van der Waals surface area (Å²) in [5.74, 6) is -0.764. The first-order valence-electron chi connectivity index (χ1n) is 8.39. The molecule has 0 amide bonds. The number of rotatable bonds is 9. The van der Waals surface area contributed by atoms with Gasteiger partial charge in [-0.2, -0.15) is 0 Å². The van der Waals surface area contributed by atoms with Gasteiger partial charge in [-0.3, -0.25) is 4.79 Å². The van der Waals surface area contributed by atoms with Crippen LogP contribution in [0.2, 0.25) is 0 Å². The molecule has 2 N–H and O–H groups in total. The second-order valence-corrected chi connectivity index (χ2v) is 7.36. The first kappa shape index (κ1) is 18.4. The van der Waals surface area contributed by atoms with Gasteiger partial charge >= 0.3 is 5.97 Å². The summed E-state index contributed by atoms with van der Waals surface area (Å²) < 4.78 is 5.94. The van der Waals surface area contributed by atoms with E-state index in [9.17, 15) is 9.90 Å². The van der Waals surface area contributed by atoms with Crippen LogP contribution < -0.4 is 5.32 Å². The van der Waals surface area contributed by atoms with Crippen molar-refractivity contribution in [2.75, 3.05) is 13.2 Å². The van der Waals surface area contributed by atoms with Crippen LogP contribution in [0.1, 0.15) is 72.6 Å². The third-order valence-corrected chi connectivity index (χ3v) is 4.75. The molecule has 0 bridgehead atoms. The van der Waals surface area contributed by atoms with E-state index in [1.165, 1.54) is 12.8 Å². The Morgan fingerprint density at radius 3 is 2.48 bits per heavy atom. The van der Waals surface area contributed by atoms with E-state index in [0.29, 0.717) is 24.5 Å². The number of aliphatic carboxylic acids is 1. The molecule has 1 aliphatic rings. The lowest BCUT2D eigenvalue weighted by Gasteiger charge is -2.34. The van der Waals surface area contributed by atoms with Gasteiger partial charge in [-0.1, -0.05) is 20.8 Å². The normalized spacial score (nSPS) is 21.9. The van der Waals surface area contributed by atoms with E-state index in [2.05, 4.69) is 19.2 Å². The number of carboxylic acid groups (broad SMARTS) is 1. The highest BCUT2D eigenvalue weighted by atomic mass is 16.5. The van der Waals surface area contributed by atoms with Crippen LogP contribution in [0.25, 0.3) is 0 Å². The molecule has 1 unspecified atom stereocenters. The van der Waals surface area contributed by atoms with Crippen molar-refractivity contribution in [1.29, 1.82) is 0 Å². The second-order valence-electron chi connectivity index (χ2n) is 7.36. The largest absolute Gasteiger partial charge is 0.480 e. The molecule has 4 nitrogen and oxygen atoms in total. The lowest BCUT2D eigenvalue weighted by atomic mass is 9.76. The summed E-state index contributed by atoms with van der Waals surface area (Å²) in [6.07, 6.45) is 7.70. The Hall–Kier alpha value is -0.610. The number of carboxylic acids is 1. The number of hydrogen-bond donors (Lipinski definition) is 2. The quantitative estimate of drug-likeness (QED) is 0.639. The van der Waals surface area contributed by atoms with Gasteiger partial charge in [-0.25, -0.2) is 0 Å². The standard InChI is InChI=1S/C17H33NO3/c1-5-18-17(4,15(19)20)10-6-7-13-21-14-8-11-16(2,3)12-9-14/h14,18H,5-13H2,1-4H3,(H,19,20). The molecule has 0 radical (unpaired) electrons. The van der Waals surface area contributed by atoms with E-state index in [0.717, 1.165) is 32.3 Å². The molecule has 0 saturated heterocycles. The summed E-state index contributed by atoms with van der Waals surface area (Å²) in [5, 5.41) is 12.3. The van der Waals surface area contributed by atoms with E-state index in [4.69, 9.17) is 4.74 Å². The van der Waals surface area contributed by atoms with Gasteiger partial charge in [0.2, 0.25) is 0 Å². The van der Waals surface area contributed by atoms with Crippen LogP contribution in [0.3, 0.4) is 0 Å². The van der Waals surface area contributed by atoms with Crippen LogP contribution in [0.5, 0.6) is 0 Å². The van der Waals surface area contributed by atoms with Gasteiger partial charge < -0.3 is 15.2 Å². The van der Waals surface area contributed by atoms with Gasteiger partial charge in [0.25, 0.3) is 0 Å². The number of hydrogen-bond acceptors (Lipinski definition) is 3. The fraction of sp³-hybridized carbons (Fsp3) is 0.941. The van der Waals surface area contributed by atoms with Crippen molar-refractivity contribution in [3.8, 4) is 0 Å². The molecule has 0 aliphatic heterocycles. The number of unbranched alkanes of at least 4 members (excludes halogenated alkanes) is 1. The van der Waals surface area contributed by atoms with Crippen molar-refractivity contribution in [1.82, 2.24) is 5.32 Å². The Labute approximate surface area is 129 Å². The summed E-state index contributed by atoms with van der Waals surface area (Å²) in [4.78, 5) is 11.3. The molecule has 1 fully saturated rings. The van der Waals surface area contributed by atoms with Crippen LogP contribution in [0.4, 0.5) is 0 Å². The lowest BCUT2D eigenvalue weighted by molar-refractivity contribution is -0.144. The van der Waals surface area contributed by atoms with Gasteiger partial charge in [0.15, 0.2) is 0 Å². The maximum Gasteiger partial charge on any atom is 0.323 e. The summed E-state index contributed by atoms with van der Waals surface area (Å²) in [6, 6.07) is 0. The molecule has 124 valence electrons. The zero-order valence-corrected chi connectivity index (χ0v) is 14.2. The summed E-state index contributed by atoms with van der Waals surface area (Å²) in [5.41, 5.74) is -0.321. The molecule has 1 rings (SSSR count). The Morgan fingerprint density at radius 2 is 1.95 bits per heavy atom. The Morgan fingerprint density at radius 1 is 1.33 bits per heavy atom. The lowest BCUT2D eigenvalue weighted by Crippen LogP contribution is -2.49. The van der Waals surface area contributed by atoms with E-state index in [1.54, 1.807) is 6.92 Å². The predicted octanol–water partition coefficient (Wildman–Crippen LogP) is 3.59. The van der Waals surface area contributed by atoms with Crippen molar-refractivity contribution in [3.05, 3.63) is 0 Å². The van der Waals surface area contributed by atoms with Crippen LogP contribution >= 0.6 is 0 Å². The van der Waals surface area contributed by atoms with Gasteiger partial charge in [-0.15, -0.1) is 0 Å². The molecule has 0 aromatic carbocycles. The zero-order chi connectivity index (χ0) is 15.9. The summed E-state index contributed by atoms with van der Waals surface area (Å²) in [6.45, 7) is 9.80. The van der Waals surface area contributed by atoms with Gasteiger partial charge in [0, 0.05) is 6.61 Å². The molecular formula is C17H33NO3. The minimum Gasteiger partial charge on any atom is -0.480 e. The molecule has 0 heterocycles. The molecule has 1 aliphatic carbocycles. The second kappa shape index (κ2) is 8.14. The average Bonchev–Trinajstić information content (AvgIpc) is 2.40. The van der Waals surface area contributed by atoms with E-state index in [1.807, 2.05) is 6.92 Å². The summed E-state index contributed by atoms with van der Waals surface area (Å²) >= 11 is 0.